The van der Waals surface area contributed by atoms with E-state index in [1.54, 1.807) is 12.4 Å². The second kappa shape index (κ2) is 8.09. The van der Waals surface area contributed by atoms with Crippen LogP contribution in [0.4, 0.5) is 11.4 Å². The molecule has 0 bridgehead atoms. The minimum atomic E-state index is 0.667. The van der Waals surface area contributed by atoms with Gasteiger partial charge < -0.3 is 4.98 Å². The molecule has 0 atom stereocenters. The second-order valence-corrected chi connectivity index (χ2v) is 6.89. The van der Waals surface area contributed by atoms with E-state index in [9.17, 15) is 0 Å². The van der Waals surface area contributed by atoms with Crippen molar-refractivity contribution >= 4 is 39.4 Å². The lowest BCUT2D eigenvalue weighted by Gasteiger charge is -2.02. The van der Waals surface area contributed by atoms with Gasteiger partial charge in [-0.25, -0.2) is 4.99 Å². The molecule has 0 fully saturated rings. The molecule has 1 N–H and O–H groups in total. The zero-order valence-electron chi connectivity index (χ0n) is 16.2. The fourth-order valence-corrected chi connectivity index (χ4v) is 3.43. The maximum Gasteiger partial charge on any atom is 0.130 e. The van der Waals surface area contributed by atoms with Crippen molar-refractivity contribution in [3.63, 3.8) is 0 Å². The maximum absolute atomic E-state index is 4.76. The Labute approximate surface area is 173 Å². The molecular weight excluding hydrogens is 370 g/mol. The van der Waals surface area contributed by atoms with Crippen LogP contribution in [0.15, 0.2) is 101 Å². The summed E-state index contributed by atoms with van der Waals surface area (Å²) in [6, 6.07) is 26.0. The number of nitrogens with one attached hydrogen (secondary N) is 1. The molecule has 5 heteroatoms. The van der Waals surface area contributed by atoms with Crippen molar-refractivity contribution < 1.29 is 0 Å². The largest absolute Gasteiger partial charge is 0.343 e. The van der Waals surface area contributed by atoms with Gasteiger partial charge in [-0.1, -0.05) is 42.5 Å². The van der Waals surface area contributed by atoms with Crippen molar-refractivity contribution in [2.75, 3.05) is 0 Å². The number of aromatic nitrogens is 3. The van der Waals surface area contributed by atoms with E-state index in [0.717, 1.165) is 44.4 Å². The van der Waals surface area contributed by atoms with Crippen LogP contribution in [0.25, 0.3) is 21.8 Å². The third-order valence-electron chi connectivity index (χ3n) is 4.85. The first-order chi connectivity index (χ1) is 14.9. The van der Waals surface area contributed by atoms with Gasteiger partial charge in [0.2, 0.25) is 0 Å². The number of rotatable bonds is 4. The van der Waals surface area contributed by atoms with Gasteiger partial charge in [-0.15, -0.1) is 0 Å². The molecule has 30 heavy (non-hydrogen) atoms. The van der Waals surface area contributed by atoms with Crippen molar-refractivity contribution in [3.8, 4) is 0 Å². The summed E-state index contributed by atoms with van der Waals surface area (Å²) in [5.41, 5.74) is 5.33. The Morgan fingerprint density at radius 1 is 0.700 bits per heavy atom. The number of aliphatic imine (C=N–C) groups is 1. The van der Waals surface area contributed by atoms with E-state index in [1.165, 1.54) is 0 Å². The summed E-state index contributed by atoms with van der Waals surface area (Å²) in [6.45, 7) is 0. The number of H-pyrrole nitrogens is 1. The Hall–Kier alpha value is -4.12. The number of hydrogen-bond acceptors (Lipinski definition) is 4. The zero-order chi connectivity index (χ0) is 20.2. The Bertz CT molecular complexity index is 1420. The SMILES string of the molecule is C(Cc1cccc(=Nc2cccc3cccnc23)[nH]1)=Nc1cccc2cccnc12. The number of nitrogens with zero attached hydrogens (tertiary/aromatic N) is 4. The number of hydrogen-bond donors (Lipinski definition) is 1. The Balaban J connectivity index is 1.42. The first-order valence-corrected chi connectivity index (χ1v) is 9.80. The minimum Gasteiger partial charge on any atom is -0.343 e. The van der Waals surface area contributed by atoms with Crippen LogP contribution in [0.2, 0.25) is 0 Å². The lowest BCUT2D eigenvalue weighted by Crippen LogP contribution is -2.09. The molecule has 5 aromatic rings. The predicted octanol–water partition coefficient (Wildman–Crippen LogP) is 5.29. The predicted molar refractivity (Wildman–Crippen MR) is 121 cm³/mol. The van der Waals surface area contributed by atoms with Crippen molar-refractivity contribution in [1.82, 2.24) is 15.0 Å². The summed E-state index contributed by atoms with van der Waals surface area (Å²) in [5, 5.41) is 2.16. The number of aromatic amines is 1. The van der Waals surface area contributed by atoms with Crippen molar-refractivity contribution in [1.29, 1.82) is 0 Å². The molecule has 5 rings (SSSR count). The van der Waals surface area contributed by atoms with Crippen LogP contribution >= 0.6 is 0 Å². The molecule has 0 saturated heterocycles. The molecule has 0 unspecified atom stereocenters. The minimum absolute atomic E-state index is 0.667. The quantitative estimate of drug-likeness (QED) is 0.425. The van der Waals surface area contributed by atoms with E-state index in [2.05, 4.69) is 19.9 Å². The highest BCUT2D eigenvalue weighted by Gasteiger charge is 2.01. The third kappa shape index (κ3) is 3.73. The smallest absolute Gasteiger partial charge is 0.130 e. The average molecular weight is 389 g/mol. The Kier molecular flexibility index (Phi) is 4.84. The summed E-state index contributed by atoms with van der Waals surface area (Å²) in [6.07, 6.45) is 6.15. The molecule has 2 aromatic carbocycles. The summed E-state index contributed by atoms with van der Waals surface area (Å²) < 4.78 is 0. The zero-order valence-corrected chi connectivity index (χ0v) is 16.2. The van der Waals surface area contributed by atoms with Gasteiger partial charge in [0.1, 0.15) is 5.49 Å². The number of para-hydroxylation sites is 2. The van der Waals surface area contributed by atoms with Crippen LogP contribution in [0.1, 0.15) is 5.69 Å². The number of fused-ring (bicyclic) bond motifs is 2. The second-order valence-electron chi connectivity index (χ2n) is 6.89. The molecule has 0 radical (unpaired) electrons. The lowest BCUT2D eigenvalue weighted by atomic mass is 10.2. The van der Waals surface area contributed by atoms with Crippen molar-refractivity contribution in [2.24, 2.45) is 9.98 Å². The van der Waals surface area contributed by atoms with Gasteiger partial charge in [-0.05, 0) is 36.4 Å². The van der Waals surface area contributed by atoms with Gasteiger partial charge in [-0.3, -0.25) is 15.0 Å². The molecule has 5 nitrogen and oxygen atoms in total. The molecule has 3 heterocycles. The van der Waals surface area contributed by atoms with Crippen molar-refractivity contribution in [3.05, 3.63) is 102 Å². The fourth-order valence-electron chi connectivity index (χ4n) is 3.43. The van der Waals surface area contributed by atoms with Crippen LogP contribution in [-0.2, 0) is 6.42 Å². The van der Waals surface area contributed by atoms with Gasteiger partial charge in [0.25, 0.3) is 0 Å². The first kappa shape index (κ1) is 17.9. The Morgan fingerprint density at radius 2 is 1.33 bits per heavy atom. The maximum atomic E-state index is 4.76. The van der Waals surface area contributed by atoms with Crippen LogP contribution in [0.5, 0.6) is 0 Å². The molecule has 0 spiro atoms. The van der Waals surface area contributed by atoms with Crippen LogP contribution in [0, 0.1) is 0 Å². The molecule has 0 aliphatic heterocycles. The summed E-state index contributed by atoms with van der Waals surface area (Å²) in [5.74, 6) is 0. The van der Waals surface area contributed by atoms with E-state index in [4.69, 9.17) is 4.99 Å². The summed E-state index contributed by atoms with van der Waals surface area (Å²) in [7, 11) is 0. The highest BCUT2D eigenvalue weighted by molar-refractivity contribution is 5.90. The van der Waals surface area contributed by atoms with E-state index in [-0.39, 0.29) is 0 Å². The first-order valence-electron chi connectivity index (χ1n) is 9.80. The molecule has 0 aliphatic carbocycles. The molecular formula is C25H19N5. The topological polar surface area (TPSA) is 66.3 Å². The summed E-state index contributed by atoms with van der Waals surface area (Å²) >= 11 is 0. The molecule has 0 amide bonds. The van der Waals surface area contributed by atoms with Crippen molar-refractivity contribution in [2.45, 2.75) is 6.42 Å². The van der Waals surface area contributed by atoms with E-state index in [1.807, 2.05) is 85.1 Å². The summed E-state index contributed by atoms with van der Waals surface area (Å²) in [4.78, 5) is 21.7. The average Bonchev–Trinajstić information content (AvgIpc) is 2.80. The van der Waals surface area contributed by atoms with Crippen LogP contribution in [0.3, 0.4) is 0 Å². The van der Waals surface area contributed by atoms with E-state index < -0.39 is 0 Å². The normalized spacial score (nSPS) is 12.2. The number of pyridine rings is 3. The fraction of sp³-hybridized carbons (Fsp3) is 0.0400. The third-order valence-corrected chi connectivity index (χ3v) is 4.85. The van der Waals surface area contributed by atoms with Crippen LogP contribution in [-0.4, -0.2) is 21.2 Å². The monoisotopic (exact) mass is 389 g/mol. The highest BCUT2D eigenvalue weighted by Crippen LogP contribution is 2.23. The van der Waals surface area contributed by atoms with Gasteiger partial charge in [0.15, 0.2) is 0 Å². The number of benzene rings is 2. The van der Waals surface area contributed by atoms with Crippen LogP contribution < -0.4 is 5.49 Å². The standard InChI is InChI=1S/C25H19N5/c1-6-18-8-4-15-27-24(18)21(11-1)26-17-14-20-10-3-13-23(29-20)30-22-12-2-7-19-9-5-16-28-25(19)22/h1-13,15-17H,14H2,(H,29,30). The Morgan fingerprint density at radius 3 is 2.10 bits per heavy atom. The highest BCUT2D eigenvalue weighted by atomic mass is 14.9. The molecule has 0 aliphatic rings. The lowest BCUT2D eigenvalue weighted by molar-refractivity contribution is 1.06. The van der Waals surface area contributed by atoms with E-state index >= 15 is 0 Å². The van der Waals surface area contributed by atoms with Gasteiger partial charge >= 0.3 is 0 Å². The van der Waals surface area contributed by atoms with Gasteiger partial charge in [0.05, 0.1) is 22.4 Å². The van der Waals surface area contributed by atoms with E-state index in [0.29, 0.717) is 6.42 Å². The molecule has 144 valence electrons. The van der Waals surface area contributed by atoms with Gasteiger partial charge in [0, 0.05) is 41.5 Å². The van der Waals surface area contributed by atoms with Gasteiger partial charge in [-0.2, -0.15) is 0 Å². The molecule has 3 aromatic heterocycles. The molecule has 0 saturated carbocycles.